The average Bonchev–Trinajstić information content (AvgIpc) is 3.28. The first kappa shape index (κ1) is 32.2. The highest BCUT2D eigenvalue weighted by Crippen LogP contribution is 2.49. The van der Waals surface area contributed by atoms with Crippen LogP contribution in [0, 0.1) is 23.7 Å². The third kappa shape index (κ3) is 6.32. The van der Waals surface area contributed by atoms with Gasteiger partial charge in [-0.15, -0.1) is 0 Å². The molecule has 3 saturated heterocycles. The molecule has 4 aliphatic heterocycles. The van der Waals surface area contributed by atoms with Crippen molar-refractivity contribution in [1.82, 2.24) is 0 Å². The summed E-state index contributed by atoms with van der Waals surface area (Å²) in [5.74, 6) is -3.06. The SMILES string of the molecule is CC/C=C(\C)[C@H]1O[C@@]2(CC3C[C@@H](C/C=C(\C)C[C@@H](C)/C=C/C=C4\OC[C@@H]5[C@H](O)C(C)=CC(C(=O)O3)[C@]45O)O2)C[C@H](O)[C@@H]1C. The van der Waals surface area contributed by atoms with Crippen LogP contribution in [0.3, 0.4) is 0 Å². The van der Waals surface area contributed by atoms with Gasteiger partial charge < -0.3 is 34.3 Å². The predicted molar refractivity (Wildman–Crippen MR) is 162 cm³/mol. The van der Waals surface area contributed by atoms with Gasteiger partial charge >= 0.3 is 5.97 Å². The van der Waals surface area contributed by atoms with E-state index < -0.39 is 47.5 Å². The van der Waals surface area contributed by atoms with E-state index in [1.54, 1.807) is 19.1 Å². The van der Waals surface area contributed by atoms with E-state index >= 15 is 0 Å². The zero-order valence-corrected chi connectivity index (χ0v) is 26.5. The summed E-state index contributed by atoms with van der Waals surface area (Å²) in [6.45, 7) is 12.2. The monoisotopic (exact) mass is 598 g/mol. The fourth-order valence-corrected chi connectivity index (χ4v) is 7.72. The average molecular weight is 599 g/mol. The molecule has 3 N–H and O–H groups in total. The van der Waals surface area contributed by atoms with E-state index in [0.29, 0.717) is 18.4 Å². The Morgan fingerprint density at radius 2 is 1.91 bits per heavy atom. The second-order valence-corrected chi connectivity index (χ2v) is 13.6. The molecule has 0 aromatic rings. The summed E-state index contributed by atoms with van der Waals surface area (Å²) < 4.78 is 25.6. The quantitative estimate of drug-likeness (QED) is 0.299. The summed E-state index contributed by atoms with van der Waals surface area (Å²) in [4.78, 5) is 14.0. The van der Waals surface area contributed by atoms with Crippen molar-refractivity contribution in [2.45, 2.75) is 122 Å². The molecule has 11 atom stereocenters. The van der Waals surface area contributed by atoms with Gasteiger partial charge in [-0.05, 0) is 63.2 Å². The number of allylic oxidation sites excluding steroid dienone is 5. The number of carbonyl (C=O) groups is 1. The Hall–Kier alpha value is -2.23. The minimum Gasteiger partial charge on any atom is -0.494 e. The molecule has 5 aliphatic rings. The molecular weight excluding hydrogens is 548 g/mol. The molecule has 1 aliphatic carbocycles. The second kappa shape index (κ2) is 12.6. The normalized spacial score (nSPS) is 47.3. The highest BCUT2D eigenvalue weighted by molar-refractivity contribution is 5.78. The zero-order valence-electron chi connectivity index (χ0n) is 26.5. The molecular formula is C35H50O8. The fraction of sp³-hybridized carbons (Fsp3) is 0.686. The van der Waals surface area contributed by atoms with Crippen molar-refractivity contribution < 1.29 is 39.1 Å². The standard InChI is InChI=1S/C35H50O8/c1-7-9-22(4)32-24(6)29(36)18-34(43-32)17-26-16-25(42-34)13-12-21(3)14-20(2)10-8-11-30-35(39)27(33(38)41-26)15-23(5)31(37)28(35)19-40-30/h8-12,15,20,24-29,31-32,36-37,39H,7,13-14,16-19H2,1-6H3/b10-8+,21-12+,22-9+,30-11-/t20-,24-,25+,26?,27?,28+,29-,31+,32+,34-,35+/m0/s1. The van der Waals surface area contributed by atoms with E-state index in [-0.39, 0.29) is 49.3 Å². The summed E-state index contributed by atoms with van der Waals surface area (Å²) in [5, 5.41) is 34.3. The third-order valence-electron chi connectivity index (χ3n) is 10.1. The Balaban J connectivity index is 1.53. The minimum absolute atomic E-state index is 0.0993. The number of carbonyl (C=O) groups excluding carboxylic acids is 1. The molecule has 0 saturated carbocycles. The van der Waals surface area contributed by atoms with Crippen LogP contribution in [0.1, 0.15) is 80.1 Å². The van der Waals surface area contributed by atoms with Crippen LogP contribution in [0.2, 0.25) is 0 Å². The molecule has 0 radical (unpaired) electrons. The number of aliphatic hydroxyl groups is 3. The first-order valence-electron chi connectivity index (χ1n) is 16.0. The summed E-state index contributed by atoms with van der Waals surface area (Å²) >= 11 is 0. The molecule has 0 aromatic carbocycles. The number of aliphatic hydroxyl groups excluding tert-OH is 2. The van der Waals surface area contributed by atoms with Crippen LogP contribution in [-0.2, 0) is 23.7 Å². The first-order valence-corrected chi connectivity index (χ1v) is 16.0. The maximum Gasteiger partial charge on any atom is 0.316 e. The Morgan fingerprint density at radius 3 is 2.65 bits per heavy atom. The lowest BCUT2D eigenvalue weighted by Crippen LogP contribution is -2.58. The van der Waals surface area contributed by atoms with E-state index in [9.17, 15) is 20.1 Å². The summed E-state index contributed by atoms with van der Waals surface area (Å²) in [7, 11) is 0. The van der Waals surface area contributed by atoms with Gasteiger partial charge in [0.25, 0.3) is 0 Å². The van der Waals surface area contributed by atoms with Crippen LogP contribution >= 0.6 is 0 Å². The lowest BCUT2D eigenvalue weighted by Gasteiger charge is -2.51. The molecule has 3 fully saturated rings. The smallest absolute Gasteiger partial charge is 0.316 e. The van der Waals surface area contributed by atoms with Crippen molar-refractivity contribution in [2.75, 3.05) is 6.61 Å². The molecule has 0 aromatic heterocycles. The first-order chi connectivity index (χ1) is 20.4. The summed E-state index contributed by atoms with van der Waals surface area (Å²) in [6.07, 6.45) is 12.2. The zero-order chi connectivity index (χ0) is 31.1. The van der Waals surface area contributed by atoms with Gasteiger partial charge in [-0.2, -0.15) is 0 Å². The molecule has 43 heavy (non-hydrogen) atoms. The van der Waals surface area contributed by atoms with Gasteiger partial charge in [-0.3, -0.25) is 4.79 Å². The molecule has 8 heteroatoms. The molecule has 2 bridgehead atoms. The van der Waals surface area contributed by atoms with Crippen LogP contribution in [0.4, 0.5) is 0 Å². The van der Waals surface area contributed by atoms with Gasteiger partial charge in [0, 0.05) is 25.2 Å². The van der Waals surface area contributed by atoms with Crippen molar-refractivity contribution in [3.8, 4) is 0 Å². The highest BCUT2D eigenvalue weighted by atomic mass is 16.7. The van der Waals surface area contributed by atoms with E-state index in [4.69, 9.17) is 18.9 Å². The van der Waals surface area contributed by atoms with Crippen molar-refractivity contribution >= 4 is 5.97 Å². The molecule has 1 spiro atoms. The molecule has 0 amide bonds. The van der Waals surface area contributed by atoms with Crippen molar-refractivity contribution in [3.63, 3.8) is 0 Å². The van der Waals surface area contributed by atoms with Crippen molar-refractivity contribution in [1.29, 1.82) is 0 Å². The van der Waals surface area contributed by atoms with Crippen LogP contribution in [0.15, 0.2) is 58.9 Å². The summed E-state index contributed by atoms with van der Waals surface area (Å²) in [5.41, 5.74) is 1.14. The number of esters is 1. The lowest BCUT2D eigenvalue weighted by atomic mass is 9.68. The van der Waals surface area contributed by atoms with E-state index in [1.807, 2.05) is 19.9 Å². The number of hydrogen-bond donors (Lipinski definition) is 3. The Bertz CT molecular complexity index is 1210. The van der Waals surface area contributed by atoms with Gasteiger partial charge in [0.1, 0.15) is 23.4 Å². The highest BCUT2D eigenvalue weighted by Gasteiger charge is 2.61. The molecule has 238 valence electrons. The minimum atomic E-state index is -1.74. The van der Waals surface area contributed by atoms with Gasteiger partial charge in [-0.1, -0.05) is 56.7 Å². The van der Waals surface area contributed by atoms with Gasteiger partial charge in [0.15, 0.2) is 5.79 Å². The topological polar surface area (TPSA) is 115 Å². The maximum atomic E-state index is 14.0. The summed E-state index contributed by atoms with van der Waals surface area (Å²) in [6, 6.07) is 0. The maximum absolute atomic E-state index is 14.0. The second-order valence-electron chi connectivity index (χ2n) is 13.6. The lowest BCUT2D eigenvalue weighted by molar-refractivity contribution is -0.342. The van der Waals surface area contributed by atoms with E-state index in [1.165, 1.54) is 5.57 Å². The number of rotatable bonds is 2. The number of hydrogen-bond acceptors (Lipinski definition) is 8. The third-order valence-corrected chi connectivity index (χ3v) is 10.1. The van der Waals surface area contributed by atoms with Gasteiger partial charge in [0.2, 0.25) is 0 Å². The molecule has 2 unspecified atom stereocenters. The molecule has 5 rings (SSSR count). The Kier molecular flexibility index (Phi) is 9.46. The van der Waals surface area contributed by atoms with Gasteiger partial charge in [-0.25, -0.2) is 0 Å². The van der Waals surface area contributed by atoms with Crippen LogP contribution < -0.4 is 0 Å². The van der Waals surface area contributed by atoms with Crippen molar-refractivity contribution in [3.05, 3.63) is 58.9 Å². The number of fused-ring (bicyclic) bond motifs is 2. The van der Waals surface area contributed by atoms with Crippen LogP contribution in [-0.4, -0.2) is 69.8 Å². The molecule has 4 heterocycles. The van der Waals surface area contributed by atoms with E-state index in [2.05, 4.69) is 39.0 Å². The van der Waals surface area contributed by atoms with Crippen LogP contribution in [0.25, 0.3) is 0 Å². The molecule has 8 nitrogen and oxygen atoms in total. The van der Waals surface area contributed by atoms with Gasteiger partial charge in [0.05, 0.1) is 36.9 Å². The Morgan fingerprint density at radius 1 is 1.14 bits per heavy atom. The van der Waals surface area contributed by atoms with E-state index in [0.717, 1.165) is 18.4 Å². The Labute approximate surface area is 256 Å². The predicted octanol–water partition coefficient (Wildman–Crippen LogP) is 5.05. The fourth-order valence-electron chi connectivity index (χ4n) is 7.72. The number of ether oxygens (including phenoxy) is 4. The van der Waals surface area contributed by atoms with Crippen LogP contribution in [0.5, 0.6) is 0 Å². The van der Waals surface area contributed by atoms with Crippen molar-refractivity contribution in [2.24, 2.45) is 23.7 Å². The largest absolute Gasteiger partial charge is 0.494 e.